The molecule has 0 saturated heterocycles. The van der Waals surface area contributed by atoms with Gasteiger partial charge in [0.1, 0.15) is 5.75 Å². The van der Waals surface area contributed by atoms with Gasteiger partial charge < -0.3 is 4.74 Å². The Bertz CT molecular complexity index is 633. The van der Waals surface area contributed by atoms with E-state index in [1.165, 1.54) is 31.7 Å². The van der Waals surface area contributed by atoms with Crippen LogP contribution in [-0.4, -0.2) is 15.5 Å². The molecule has 1 aromatic carbocycles. The van der Waals surface area contributed by atoms with Gasteiger partial charge in [-0.25, -0.2) is 8.78 Å². The fourth-order valence-electron chi connectivity index (χ4n) is 4.74. The highest BCUT2D eigenvalue weighted by atomic mass is 28.2. The van der Waals surface area contributed by atoms with Gasteiger partial charge in [0.15, 0.2) is 11.6 Å². The number of benzene rings is 1. The van der Waals surface area contributed by atoms with Gasteiger partial charge in [0.2, 0.25) is 0 Å². The van der Waals surface area contributed by atoms with E-state index < -0.39 is 11.6 Å². The fraction of sp³-hybridized carbons (Fsp3) is 0.667. The van der Waals surface area contributed by atoms with E-state index in [9.17, 15) is 13.6 Å². The standard InChI is InChI=1S/C21H28F2O2Si/c1-21(11-9-17(26-2)10-12-21)15-5-3-14(4-6-15)20(24)25-16-7-8-18(22)19(23)13-16/h7-8,13-15,17H,3-6,9-12H2,1-2H3. The minimum atomic E-state index is -0.991. The van der Waals surface area contributed by atoms with Crippen LogP contribution in [0.5, 0.6) is 5.75 Å². The van der Waals surface area contributed by atoms with Crippen LogP contribution in [0.15, 0.2) is 18.2 Å². The molecule has 0 atom stereocenters. The minimum absolute atomic E-state index is 0.0849. The zero-order chi connectivity index (χ0) is 18.7. The van der Waals surface area contributed by atoms with Crippen molar-refractivity contribution in [2.45, 2.75) is 70.4 Å². The third-order valence-corrected chi connectivity index (χ3v) is 8.09. The zero-order valence-corrected chi connectivity index (χ0v) is 16.7. The first-order valence-corrected chi connectivity index (χ1v) is 11.3. The molecule has 2 aliphatic rings. The fourth-order valence-corrected chi connectivity index (χ4v) is 5.61. The van der Waals surface area contributed by atoms with Gasteiger partial charge in [0, 0.05) is 15.6 Å². The molecule has 2 saturated carbocycles. The number of ether oxygens (including phenoxy) is 1. The molecule has 2 aliphatic carbocycles. The van der Waals surface area contributed by atoms with Gasteiger partial charge in [-0.1, -0.05) is 26.3 Å². The predicted octanol–water partition coefficient (Wildman–Crippen LogP) is 5.80. The summed E-state index contributed by atoms with van der Waals surface area (Å²) in [5.74, 6) is -1.59. The van der Waals surface area contributed by atoms with Crippen LogP contribution in [-0.2, 0) is 4.79 Å². The van der Waals surface area contributed by atoms with E-state index in [0.29, 0.717) is 11.3 Å². The molecule has 0 N–H and O–H groups in total. The van der Waals surface area contributed by atoms with Crippen molar-refractivity contribution in [2.75, 3.05) is 0 Å². The van der Waals surface area contributed by atoms with Crippen LogP contribution in [0.2, 0.25) is 12.1 Å². The Labute approximate surface area is 157 Å². The molecule has 2 nitrogen and oxygen atoms in total. The van der Waals surface area contributed by atoms with E-state index in [1.807, 2.05) is 0 Å². The summed E-state index contributed by atoms with van der Waals surface area (Å²) in [5, 5.41) is 0. The SMILES string of the molecule is C[Si]C1CCC(C)(C2CCC(C(=O)Oc3ccc(F)c(F)c3)CC2)CC1. The lowest BCUT2D eigenvalue weighted by molar-refractivity contribution is -0.140. The van der Waals surface area contributed by atoms with Crippen molar-refractivity contribution >= 4 is 15.5 Å². The maximum atomic E-state index is 13.3. The van der Waals surface area contributed by atoms with Gasteiger partial charge in [-0.3, -0.25) is 4.79 Å². The van der Waals surface area contributed by atoms with Gasteiger partial charge in [0.25, 0.3) is 0 Å². The molecule has 142 valence electrons. The molecule has 0 amide bonds. The molecule has 1 aromatic rings. The molecular weight excluding hydrogens is 350 g/mol. The summed E-state index contributed by atoms with van der Waals surface area (Å²) in [6.45, 7) is 4.75. The minimum Gasteiger partial charge on any atom is -0.426 e. The van der Waals surface area contributed by atoms with E-state index in [4.69, 9.17) is 4.74 Å². The molecule has 0 aliphatic heterocycles. The van der Waals surface area contributed by atoms with Gasteiger partial charge in [-0.15, -0.1) is 0 Å². The Morgan fingerprint density at radius 1 is 1.08 bits per heavy atom. The monoisotopic (exact) mass is 378 g/mol. The normalized spacial score (nSPS) is 32.2. The molecule has 0 unspecified atom stereocenters. The van der Waals surface area contributed by atoms with Crippen molar-refractivity contribution < 1.29 is 18.3 Å². The molecular formula is C21H28F2O2Si. The molecule has 0 bridgehead atoms. The first kappa shape index (κ1) is 19.5. The Kier molecular flexibility index (Phi) is 6.16. The first-order chi connectivity index (χ1) is 12.4. The van der Waals surface area contributed by atoms with Crippen LogP contribution in [0, 0.1) is 28.9 Å². The number of hydrogen-bond donors (Lipinski definition) is 0. The summed E-state index contributed by atoms with van der Waals surface area (Å²) >= 11 is 0. The van der Waals surface area contributed by atoms with Gasteiger partial charge in [0.05, 0.1) is 5.92 Å². The van der Waals surface area contributed by atoms with Crippen LogP contribution < -0.4 is 4.74 Å². The van der Waals surface area contributed by atoms with Crippen molar-refractivity contribution in [3.63, 3.8) is 0 Å². The van der Waals surface area contributed by atoms with Crippen molar-refractivity contribution in [3.05, 3.63) is 29.8 Å². The average molecular weight is 379 g/mol. The second-order valence-electron chi connectivity index (χ2n) is 8.26. The van der Waals surface area contributed by atoms with Gasteiger partial charge in [-0.2, -0.15) is 0 Å². The molecule has 0 aromatic heterocycles. The molecule has 0 spiro atoms. The second-order valence-corrected chi connectivity index (χ2v) is 9.66. The number of halogens is 2. The summed E-state index contributed by atoms with van der Waals surface area (Å²) < 4.78 is 31.5. The van der Waals surface area contributed by atoms with E-state index in [1.54, 1.807) is 0 Å². The third-order valence-electron chi connectivity index (χ3n) is 6.69. The van der Waals surface area contributed by atoms with Crippen molar-refractivity contribution in [3.8, 4) is 5.75 Å². The molecule has 0 heterocycles. The van der Waals surface area contributed by atoms with E-state index in [2.05, 4.69) is 13.5 Å². The zero-order valence-electron chi connectivity index (χ0n) is 15.7. The topological polar surface area (TPSA) is 26.3 Å². The number of hydrogen-bond acceptors (Lipinski definition) is 2. The average Bonchev–Trinajstić information content (AvgIpc) is 2.65. The highest BCUT2D eigenvalue weighted by Crippen LogP contribution is 2.51. The highest BCUT2D eigenvalue weighted by molar-refractivity contribution is 6.35. The maximum Gasteiger partial charge on any atom is 0.314 e. The Morgan fingerprint density at radius 2 is 1.73 bits per heavy atom. The molecule has 2 fully saturated rings. The Hall–Kier alpha value is -1.23. The summed E-state index contributed by atoms with van der Waals surface area (Å²) in [4.78, 5) is 12.4. The Morgan fingerprint density at radius 3 is 2.31 bits per heavy atom. The highest BCUT2D eigenvalue weighted by Gasteiger charge is 2.40. The smallest absolute Gasteiger partial charge is 0.314 e. The van der Waals surface area contributed by atoms with Crippen LogP contribution in [0.1, 0.15) is 58.3 Å². The summed E-state index contributed by atoms with van der Waals surface area (Å²) in [6, 6.07) is 3.23. The summed E-state index contributed by atoms with van der Waals surface area (Å²) in [5.41, 5.74) is 1.34. The van der Waals surface area contributed by atoms with Gasteiger partial charge >= 0.3 is 5.97 Å². The predicted molar refractivity (Wildman–Crippen MR) is 99.4 cm³/mol. The maximum absolute atomic E-state index is 13.3. The molecule has 2 radical (unpaired) electrons. The first-order valence-electron chi connectivity index (χ1n) is 9.75. The third kappa shape index (κ3) is 4.36. The lowest BCUT2D eigenvalue weighted by Gasteiger charge is -2.45. The summed E-state index contributed by atoms with van der Waals surface area (Å²) in [7, 11) is 1.06. The number of esters is 1. The number of rotatable bonds is 4. The number of carbonyl (C=O) groups is 1. The van der Waals surface area contributed by atoms with Crippen LogP contribution in [0.3, 0.4) is 0 Å². The van der Waals surface area contributed by atoms with E-state index >= 15 is 0 Å². The molecule has 5 heteroatoms. The summed E-state index contributed by atoms with van der Waals surface area (Å²) in [6.07, 6.45) is 9.12. The molecule has 3 rings (SSSR count). The van der Waals surface area contributed by atoms with Crippen molar-refractivity contribution in [2.24, 2.45) is 17.3 Å². The molecule has 26 heavy (non-hydrogen) atoms. The number of carbonyl (C=O) groups excluding carboxylic acids is 1. The van der Waals surface area contributed by atoms with Crippen LogP contribution in [0.4, 0.5) is 8.78 Å². The quantitative estimate of drug-likeness (QED) is 0.376. The van der Waals surface area contributed by atoms with Gasteiger partial charge in [-0.05, 0) is 67.5 Å². The lowest BCUT2D eigenvalue weighted by atomic mass is 9.62. The van der Waals surface area contributed by atoms with Crippen LogP contribution in [0.25, 0.3) is 0 Å². The van der Waals surface area contributed by atoms with Crippen molar-refractivity contribution in [1.29, 1.82) is 0 Å². The lowest BCUT2D eigenvalue weighted by Crippen LogP contribution is -2.36. The van der Waals surface area contributed by atoms with E-state index in [-0.39, 0.29) is 17.6 Å². The largest absolute Gasteiger partial charge is 0.426 e. The Balaban J connectivity index is 1.51. The van der Waals surface area contributed by atoms with Crippen LogP contribution >= 0.6 is 0 Å². The van der Waals surface area contributed by atoms with E-state index in [0.717, 1.165) is 52.9 Å². The van der Waals surface area contributed by atoms with Crippen molar-refractivity contribution in [1.82, 2.24) is 0 Å². The second kappa shape index (κ2) is 8.20.